The van der Waals surface area contributed by atoms with Crippen LogP contribution < -0.4 is 20.1 Å². The molecule has 0 aliphatic heterocycles. The zero-order valence-electron chi connectivity index (χ0n) is 18.1. The number of aryl methyl sites for hydroxylation is 1. The Morgan fingerprint density at radius 3 is 2.41 bits per heavy atom. The molecule has 0 bridgehead atoms. The molecule has 0 unspecified atom stereocenters. The molecule has 0 saturated heterocycles. The topological polar surface area (TPSA) is 76.7 Å². The first-order valence-corrected chi connectivity index (χ1v) is 10.3. The summed E-state index contributed by atoms with van der Waals surface area (Å²) in [5.41, 5.74) is 0.756. The molecule has 0 atom stereocenters. The van der Waals surface area contributed by atoms with Crippen molar-refractivity contribution >= 4 is 34.8 Å². The Bertz CT molecular complexity index is 1220. The number of ether oxygens (including phenoxy) is 2. The summed E-state index contributed by atoms with van der Waals surface area (Å²) >= 11 is 6.15. The number of methoxy groups -OCH3 is 1. The van der Waals surface area contributed by atoms with Crippen molar-refractivity contribution in [1.82, 2.24) is 0 Å². The van der Waals surface area contributed by atoms with Crippen LogP contribution in [0.4, 0.5) is 24.5 Å². The summed E-state index contributed by atoms with van der Waals surface area (Å²) in [7, 11) is 1.36. The largest absolute Gasteiger partial charge is 0.493 e. The van der Waals surface area contributed by atoms with E-state index in [1.807, 2.05) is 13.0 Å². The minimum absolute atomic E-state index is 0.0165. The van der Waals surface area contributed by atoms with E-state index in [0.29, 0.717) is 10.7 Å². The number of benzene rings is 3. The summed E-state index contributed by atoms with van der Waals surface area (Å²) in [6, 6.07) is 13.8. The van der Waals surface area contributed by atoms with E-state index in [1.165, 1.54) is 37.4 Å². The first kappa shape index (κ1) is 24.9. The first-order valence-electron chi connectivity index (χ1n) is 9.92. The molecular formula is C24H20ClF3N2O4. The van der Waals surface area contributed by atoms with Crippen molar-refractivity contribution in [1.29, 1.82) is 0 Å². The molecule has 178 valence electrons. The van der Waals surface area contributed by atoms with Gasteiger partial charge in [-0.2, -0.15) is 13.2 Å². The molecule has 0 spiro atoms. The molecule has 0 aliphatic rings. The van der Waals surface area contributed by atoms with Crippen molar-refractivity contribution in [3.8, 4) is 11.5 Å². The summed E-state index contributed by atoms with van der Waals surface area (Å²) in [5, 5.41) is 5.45. The van der Waals surface area contributed by atoms with Crippen molar-refractivity contribution in [2.45, 2.75) is 13.1 Å². The molecule has 3 rings (SSSR count). The van der Waals surface area contributed by atoms with Crippen molar-refractivity contribution in [3.63, 3.8) is 0 Å². The number of alkyl halides is 3. The lowest BCUT2D eigenvalue weighted by Gasteiger charge is -2.13. The highest BCUT2D eigenvalue weighted by molar-refractivity contribution is 6.34. The van der Waals surface area contributed by atoms with Gasteiger partial charge in [0.25, 0.3) is 11.8 Å². The van der Waals surface area contributed by atoms with Crippen molar-refractivity contribution in [3.05, 3.63) is 82.4 Å². The molecule has 0 radical (unpaired) electrons. The van der Waals surface area contributed by atoms with Crippen molar-refractivity contribution in [2.75, 3.05) is 24.4 Å². The van der Waals surface area contributed by atoms with Gasteiger partial charge >= 0.3 is 6.18 Å². The van der Waals surface area contributed by atoms with E-state index in [2.05, 4.69) is 10.6 Å². The zero-order chi connectivity index (χ0) is 24.9. The fourth-order valence-corrected chi connectivity index (χ4v) is 3.24. The maximum Gasteiger partial charge on any atom is 0.416 e. The Hall–Kier alpha value is -3.72. The number of rotatable bonds is 7. The van der Waals surface area contributed by atoms with E-state index < -0.39 is 30.2 Å². The predicted molar refractivity (Wildman–Crippen MR) is 123 cm³/mol. The fraction of sp³-hybridized carbons (Fsp3) is 0.167. The minimum Gasteiger partial charge on any atom is -0.493 e. The van der Waals surface area contributed by atoms with Crippen LogP contribution in [0.5, 0.6) is 11.5 Å². The smallest absolute Gasteiger partial charge is 0.416 e. The van der Waals surface area contributed by atoms with Crippen LogP contribution in [0.1, 0.15) is 21.5 Å². The number of nitrogens with one attached hydrogen (secondary N) is 2. The quantitative estimate of drug-likeness (QED) is 0.427. The Balaban J connectivity index is 1.64. The van der Waals surface area contributed by atoms with Crippen LogP contribution in [0.25, 0.3) is 0 Å². The second-order valence-corrected chi connectivity index (χ2v) is 7.63. The van der Waals surface area contributed by atoms with Crippen LogP contribution in [0.2, 0.25) is 5.02 Å². The first-order chi connectivity index (χ1) is 16.1. The van der Waals surface area contributed by atoms with Crippen molar-refractivity contribution < 1.29 is 32.2 Å². The molecule has 0 aliphatic carbocycles. The van der Waals surface area contributed by atoms with Crippen LogP contribution in [0.15, 0.2) is 60.7 Å². The van der Waals surface area contributed by atoms with Gasteiger partial charge in [-0.05, 0) is 61.0 Å². The van der Waals surface area contributed by atoms with Gasteiger partial charge in [-0.1, -0.05) is 23.7 Å². The Kier molecular flexibility index (Phi) is 7.68. The number of hydrogen-bond donors (Lipinski definition) is 2. The molecule has 10 heteroatoms. The summed E-state index contributed by atoms with van der Waals surface area (Å²) < 4.78 is 49.1. The maximum atomic E-state index is 12.8. The molecule has 3 aromatic carbocycles. The average Bonchev–Trinajstić information content (AvgIpc) is 2.79. The van der Waals surface area contributed by atoms with Crippen molar-refractivity contribution in [2.24, 2.45) is 0 Å². The molecule has 3 aromatic rings. The highest BCUT2D eigenvalue weighted by Crippen LogP contribution is 2.31. The highest BCUT2D eigenvalue weighted by Gasteiger charge is 2.30. The Morgan fingerprint density at radius 2 is 1.74 bits per heavy atom. The number of hydrogen-bond acceptors (Lipinski definition) is 4. The average molecular weight is 493 g/mol. The zero-order valence-corrected chi connectivity index (χ0v) is 18.9. The monoisotopic (exact) mass is 492 g/mol. The number of halogens is 4. The number of anilines is 2. The number of carbonyl (C=O) groups excluding carboxylic acids is 2. The molecule has 2 N–H and O–H groups in total. The van der Waals surface area contributed by atoms with Gasteiger partial charge in [-0.15, -0.1) is 0 Å². The molecule has 34 heavy (non-hydrogen) atoms. The molecular weight excluding hydrogens is 473 g/mol. The molecule has 6 nitrogen and oxygen atoms in total. The highest BCUT2D eigenvalue weighted by atomic mass is 35.5. The second kappa shape index (κ2) is 10.5. The van der Waals surface area contributed by atoms with Gasteiger partial charge in [-0.25, -0.2) is 0 Å². The third-order valence-electron chi connectivity index (χ3n) is 4.63. The third-order valence-corrected chi connectivity index (χ3v) is 4.94. The summed E-state index contributed by atoms with van der Waals surface area (Å²) in [6.45, 7) is 1.39. The minimum atomic E-state index is -4.52. The molecule has 2 amide bonds. The van der Waals surface area contributed by atoms with Gasteiger partial charge in [-0.3, -0.25) is 9.59 Å². The molecule has 0 heterocycles. The fourth-order valence-electron chi connectivity index (χ4n) is 2.96. The van der Waals surface area contributed by atoms with Crippen LogP contribution >= 0.6 is 11.6 Å². The SMILES string of the molecule is COc1cc(C(=O)Nc2ccc(C)cc2Cl)ccc1OCC(=O)Nc1cccc(C(F)(F)F)c1. The van der Waals surface area contributed by atoms with Crippen LogP contribution in [-0.4, -0.2) is 25.5 Å². The Labute approximate surface area is 198 Å². The number of amides is 2. The van der Waals surface area contributed by atoms with E-state index in [9.17, 15) is 22.8 Å². The van der Waals surface area contributed by atoms with E-state index >= 15 is 0 Å². The molecule has 0 saturated carbocycles. The summed E-state index contributed by atoms with van der Waals surface area (Å²) in [6.07, 6.45) is -4.52. The lowest BCUT2D eigenvalue weighted by molar-refractivity contribution is -0.137. The van der Waals surface area contributed by atoms with Crippen LogP contribution in [0.3, 0.4) is 0 Å². The van der Waals surface area contributed by atoms with Gasteiger partial charge in [0, 0.05) is 11.3 Å². The summed E-state index contributed by atoms with van der Waals surface area (Å²) in [4.78, 5) is 24.7. The third kappa shape index (κ3) is 6.41. The summed E-state index contributed by atoms with van der Waals surface area (Å²) in [5.74, 6) is -0.740. The lowest BCUT2D eigenvalue weighted by atomic mass is 10.1. The Morgan fingerprint density at radius 1 is 0.971 bits per heavy atom. The second-order valence-electron chi connectivity index (χ2n) is 7.22. The van der Waals surface area contributed by atoms with E-state index in [4.69, 9.17) is 21.1 Å². The maximum absolute atomic E-state index is 12.8. The lowest BCUT2D eigenvalue weighted by Crippen LogP contribution is -2.21. The van der Waals surface area contributed by atoms with Gasteiger partial charge < -0.3 is 20.1 Å². The normalized spacial score (nSPS) is 11.0. The van der Waals surface area contributed by atoms with E-state index in [0.717, 1.165) is 17.7 Å². The van der Waals surface area contributed by atoms with E-state index in [-0.39, 0.29) is 22.7 Å². The van der Waals surface area contributed by atoms with Gasteiger partial charge in [0.1, 0.15) is 0 Å². The van der Waals surface area contributed by atoms with Gasteiger partial charge in [0.05, 0.1) is 23.4 Å². The van der Waals surface area contributed by atoms with Gasteiger partial charge in [0.2, 0.25) is 0 Å². The van der Waals surface area contributed by atoms with Gasteiger partial charge in [0.15, 0.2) is 18.1 Å². The van der Waals surface area contributed by atoms with Crippen LogP contribution in [-0.2, 0) is 11.0 Å². The van der Waals surface area contributed by atoms with E-state index in [1.54, 1.807) is 12.1 Å². The van der Waals surface area contributed by atoms with Crippen LogP contribution in [0, 0.1) is 6.92 Å². The molecule has 0 aromatic heterocycles. The predicted octanol–water partition coefficient (Wildman–Crippen LogP) is 5.95. The number of carbonyl (C=O) groups is 2. The standard InChI is InChI=1S/C24H20ClF3N2O4/c1-14-6-8-19(18(25)10-14)30-23(32)15-7-9-20(21(11-15)33-2)34-13-22(31)29-17-5-3-4-16(12-17)24(26,27)28/h3-12H,13H2,1-2H3,(H,29,31)(H,30,32). The molecule has 0 fully saturated rings.